The predicted molar refractivity (Wildman–Crippen MR) is 157 cm³/mol. The average molecular weight is 556 g/mol. The largest absolute Gasteiger partial charge is 0.463 e. The molecule has 4 aromatic rings. The molecule has 0 saturated carbocycles. The topological polar surface area (TPSA) is 63.9 Å². The monoisotopic (exact) mass is 555 g/mol. The zero-order chi connectivity index (χ0) is 28.2. The van der Waals surface area contributed by atoms with Crippen LogP contribution >= 0.6 is 11.3 Å². The number of hydrogen-bond donors (Lipinski definition) is 0. The Hall–Kier alpha value is -4.30. The zero-order valence-corrected chi connectivity index (χ0v) is 23.5. The number of carbonyl (C=O) groups excluding carboxylic acids is 1. The van der Waals surface area contributed by atoms with E-state index in [0.29, 0.717) is 20.6 Å². The molecule has 0 spiro atoms. The lowest BCUT2D eigenvalue weighted by atomic mass is 9.93. The molecule has 8 heteroatoms. The molecular weight excluding hydrogens is 525 g/mol. The molecule has 3 aromatic carbocycles. The Labute approximate surface area is 236 Å². The Morgan fingerprint density at radius 3 is 2.30 bits per heavy atom. The molecule has 0 radical (unpaired) electrons. The standard InChI is InChI=1S/C32H30FN3O3S/c1-4-35(5-2)25-18-12-21(13-19-25)20-26-30(37)36-29(23-14-16-24(33)17-15-23)27(31(38)39-6-3)28(34-32(36)40-26)22-10-8-7-9-11-22/h7-20,29H,4-6H2,1-3H3/b26-20-/t29-/m1/s1. The lowest BCUT2D eigenvalue weighted by Crippen LogP contribution is -2.40. The summed E-state index contributed by atoms with van der Waals surface area (Å²) in [6, 6.07) is 22.4. The predicted octanol–water partition coefficient (Wildman–Crippen LogP) is 4.92. The number of fused-ring (bicyclic) bond motifs is 1. The molecule has 0 fully saturated rings. The van der Waals surface area contributed by atoms with E-state index in [1.807, 2.05) is 60.7 Å². The summed E-state index contributed by atoms with van der Waals surface area (Å²) < 4.78 is 21.4. The number of halogens is 1. The number of benzene rings is 3. The Kier molecular flexibility index (Phi) is 8.07. The summed E-state index contributed by atoms with van der Waals surface area (Å²) in [5, 5.41) is 0. The first-order chi connectivity index (χ1) is 19.4. The molecular formula is C32H30FN3O3S. The van der Waals surface area contributed by atoms with E-state index in [2.05, 4.69) is 18.7 Å². The number of hydrogen-bond acceptors (Lipinski definition) is 6. The van der Waals surface area contributed by atoms with E-state index < -0.39 is 17.8 Å². The van der Waals surface area contributed by atoms with Gasteiger partial charge in [0.15, 0.2) is 4.80 Å². The van der Waals surface area contributed by atoms with Crippen molar-refractivity contribution in [3.63, 3.8) is 0 Å². The van der Waals surface area contributed by atoms with Crippen molar-refractivity contribution in [2.24, 2.45) is 4.99 Å². The van der Waals surface area contributed by atoms with E-state index in [-0.39, 0.29) is 17.7 Å². The fourth-order valence-electron chi connectivity index (χ4n) is 4.92. The summed E-state index contributed by atoms with van der Waals surface area (Å²) >= 11 is 1.26. The van der Waals surface area contributed by atoms with Crippen molar-refractivity contribution in [2.75, 3.05) is 24.6 Å². The van der Waals surface area contributed by atoms with Crippen LogP contribution in [0.1, 0.15) is 43.5 Å². The number of thiazole rings is 1. The highest BCUT2D eigenvalue weighted by molar-refractivity contribution is 7.07. The smallest absolute Gasteiger partial charge is 0.338 e. The van der Waals surface area contributed by atoms with Gasteiger partial charge in [0.1, 0.15) is 5.82 Å². The second-order valence-corrected chi connectivity index (χ2v) is 10.3. The fourth-order valence-corrected chi connectivity index (χ4v) is 5.92. The van der Waals surface area contributed by atoms with Crippen LogP contribution in [-0.2, 0) is 9.53 Å². The maximum Gasteiger partial charge on any atom is 0.338 e. The van der Waals surface area contributed by atoms with Gasteiger partial charge >= 0.3 is 5.97 Å². The van der Waals surface area contributed by atoms with Gasteiger partial charge in [0.2, 0.25) is 0 Å². The van der Waals surface area contributed by atoms with Crippen LogP contribution in [-0.4, -0.2) is 30.2 Å². The highest BCUT2D eigenvalue weighted by atomic mass is 32.1. The van der Waals surface area contributed by atoms with E-state index >= 15 is 0 Å². The van der Waals surface area contributed by atoms with Crippen LogP contribution in [0.15, 0.2) is 94.2 Å². The summed E-state index contributed by atoms with van der Waals surface area (Å²) in [6.45, 7) is 7.94. The first-order valence-electron chi connectivity index (χ1n) is 13.3. The van der Waals surface area contributed by atoms with Crippen LogP contribution in [0, 0.1) is 5.82 Å². The number of nitrogens with zero attached hydrogens (tertiary/aromatic N) is 3. The molecule has 6 nitrogen and oxygen atoms in total. The quantitative estimate of drug-likeness (QED) is 0.290. The summed E-state index contributed by atoms with van der Waals surface area (Å²) in [5.41, 5.74) is 3.71. The molecule has 5 rings (SSSR count). The van der Waals surface area contributed by atoms with Crippen LogP contribution < -0.4 is 19.8 Å². The van der Waals surface area contributed by atoms with E-state index in [4.69, 9.17) is 9.73 Å². The lowest BCUT2D eigenvalue weighted by molar-refractivity contribution is -0.138. The van der Waals surface area contributed by atoms with Gasteiger partial charge < -0.3 is 9.64 Å². The molecule has 0 aliphatic carbocycles. The van der Waals surface area contributed by atoms with Crippen LogP contribution in [0.3, 0.4) is 0 Å². The highest BCUT2D eigenvalue weighted by Gasteiger charge is 2.35. The highest BCUT2D eigenvalue weighted by Crippen LogP contribution is 2.35. The summed E-state index contributed by atoms with van der Waals surface area (Å²) in [7, 11) is 0. The molecule has 40 heavy (non-hydrogen) atoms. The minimum absolute atomic E-state index is 0.161. The lowest BCUT2D eigenvalue weighted by Gasteiger charge is -2.25. The van der Waals surface area contributed by atoms with Gasteiger partial charge in [-0.25, -0.2) is 14.2 Å². The van der Waals surface area contributed by atoms with Gasteiger partial charge in [0.05, 0.1) is 28.5 Å². The first kappa shape index (κ1) is 27.3. The summed E-state index contributed by atoms with van der Waals surface area (Å²) in [5.74, 6) is -0.977. The normalized spacial score (nSPS) is 15.0. The Morgan fingerprint density at radius 2 is 1.68 bits per heavy atom. The zero-order valence-electron chi connectivity index (χ0n) is 22.6. The molecule has 0 N–H and O–H groups in total. The maximum atomic E-state index is 13.9. The minimum Gasteiger partial charge on any atom is -0.463 e. The average Bonchev–Trinajstić information content (AvgIpc) is 3.29. The van der Waals surface area contributed by atoms with Crippen LogP contribution in [0.2, 0.25) is 0 Å². The molecule has 1 atom stereocenters. The fraction of sp³-hybridized carbons (Fsp3) is 0.219. The number of aromatic nitrogens is 1. The third kappa shape index (κ3) is 5.27. The Bertz CT molecular complexity index is 1720. The number of rotatable bonds is 8. The van der Waals surface area contributed by atoms with Crippen molar-refractivity contribution in [3.05, 3.63) is 127 Å². The van der Waals surface area contributed by atoms with Crippen molar-refractivity contribution in [1.82, 2.24) is 4.57 Å². The van der Waals surface area contributed by atoms with E-state index in [9.17, 15) is 14.0 Å². The van der Waals surface area contributed by atoms with Gasteiger partial charge in [-0.2, -0.15) is 0 Å². The van der Waals surface area contributed by atoms with Crippen molar-refractivity contribution >= 4 is 34.8 Å². The van der Waals surface area contributed by atoms with Gasteiger partial charge in [-0.1, -0.05) is 65.9 Å². The van der Waals surface area contributed by atoms with Gasteiger partial charge in [-0.05, 0) is 62.2 Å². The number of esters is 1. The third-order valence-electron chi connectivity index (χ3n) is 6.88. The van der Waals surface area contributed by atoms with Gasteiger partial charge in [-0.3, -0.25) is 9.36 Å². The van der Waals surface area contributed by atoms with Gasteiger partial charge in [-0.15, -0.1) is 0 Å². The van der Waals surface area contributed by atoms with Gasteiger partial charge in [0, 0.05) is 24.3 Å². The van der Waals surface area contributed by atoms with E-state index in [1.165, 1.54) is 28.0 Å². The van der Waals surface area contributed by atoms with Gasteiger partial charge in [0.25, 0.3) is 5.56 Å². The van der Waals surface area contributed by atoms with Crippen LogP contribution in [0.25, 0.3) is 11.8 Å². The summed E-state index contributed by atoms with van der Waals surface area (Å²) in [6.07, 6.45) is 1.84. The third-order valence-corrected chi connectivity index (χ3v) is 7.86. The number of carbonyl (C=O) groups is 1. The van der Waals surface area contributed by atoms with E-state index in [1.54, 1.807) is 19.1 Å². The molecule has 2 heterocycles. The molecule has 1 aliphatic heterocycles. The van der Waals surface area contributed by atoms with Crippen LogP contribution in [0.5, 0.6) is 0 Å². The van der Waals surface area contributed by atoms with Crippen molar-refractivity contribution < 1.29 is 13.9 Å². The Morgan fingerprint density at radius 1 is 1.00 bits per heavy atom. The molecule has 0 saturated heterocycles. The van der Waals surface area contributed by atoms with Crippen molar-refractivity contribution in [1.29, 1.82) is 0 Å². The van der Waals surface area contributed by atoms with Crippen molar-refractivity contribution in [2.45, 2.75) is 26.8 Å². The SMILES string of the molecule is CCOC(=O)C1=C(c2ccccc2)N=c2s/c(=C\c3ccc(N(CC)CC)cc3)c(=O)n2[C@@H]1c1ccc(F)cc1. The molecule has 0 bridgehead atoms. The molecule has 1 aromatic heterocycles. The maximum absolute atomic E-state index is 13.9. The first-order valence-corrected chi connectivity index (χ1v) is 14.2. The molecule has 1 aliphatic rings. The second-order valence-electron chi connectivity index (χ2n) is 9.25. The molecule has 0 unspecified atom stereocenters. The van der Waals surface area contributed by atoms with Crippen LogP contribution in [0.4, 0.5) is 10.1 Å². The Balaban J connectivity index is 1.73. The minimum atomic E-state index is -0.835. The molecule has 204 valence electrons. The number of anilines is 1. The second kappa shape index (κ2) is 11.8. The molecule has 0 amide bonds. The summed E-state index contributed by atoms with van der Waals surface area (Å²) in [4.78, 5) is 34.9. The van der Waals surface area contributed by atoms with Crippen molar-refractivity contribution in [3.8, 4) is 0 Å². The number of ether oxygens (including phenoxy) is 1. The van der Waals surface area contributed by atoms with E-state index in [0.717, 1.165) is 29.9 Å².